The minimum absolute atomic E-state index is 0.0129. The van der Waals surface area contributed by atoms with Gasteiger partial charge in [0.1, 0.15) is 6.10 Å². The van der Waals surface area contributed by atoms with Crippen molar-refractivity contribution in [3.63, 3.8) is 0 Å². The maximum absolute atomic E-state index is 11.8. The second-order valence-electron chi connectivity index (χ2n) is 6.51. The molecular formula is C15H22O3. The van der Waals surface area contributed by atoms with E-state index in [-0.39, 0.29) is 29.5 Å². The number of rotatable bonds is 0. The third-order valence-electron chi connectivity index (χ3n) is 5.53. The standard InChI is InChI=1S/C15H22O3/c1-8-4-5-11(16)15(3)7-6-10-9(2)14(17)18-13(10)12(8)15/h9-11,13,16H,4-7H2,1-3H3/t9-,10?,11+,13-,15-/m0/s1. The fourth-order valence-electron chi connectivity index (χ4n) is 4.24. The van der Waals surface area contributed by atoms with E-state index in [0.717, 1.165) is 25.7 Å². The summed E-state index contributed by atoms with van der Waals surface area (Å²) in [5.41, 5.74) is 2.39. The van der Waals surface area contributed by atoms with Crippen LogP contribution in [0.2, 0.25) is 0 Å². The van der Waals surface area contributed by atoms with Crippen molar-refractivity contribution in [3.8, 4) is 0 Å². The van der Waals surface area contributed by atoms with Crippen molar-refractivity contribution < 1.29 is 14.6 Å². The summed E-state index contributed by atoms with van der Waals surface area (Å²) in [5.74, 6) is 0.273. The van der Waals surface area contributed by atoms with Gasteiger partial charge in [-0.15, -0.1) is 0 Å². The molecule has 0 aromatic rings. The van der Waals surface area contributed by atoms with E-state index in [1.165, 1.54) is 11.1 Å². The van der Waals surface area contributed by atoms with E-state index < -0.39 is 0 Å². The second kappa shape index (κ2) is 3.83. The Morgan fingerprint density at radius 1 is 1.39 bits per heavy atom. The molecule has 100 valence electrons. The van der Waals surface area contributed by atoms with E-state index >= 15 is 0 Å². The van der Waals surface area contributed by atoms with Gasteiger partial charge in [-0.1, -0.05) is 19.4 Å². The Morgan fingerprint density at radius 3 is 2.83 bits per heavy atom. The third kappa shape index (κ3) is 1.43. The molecule has 1 saturated carbocycles. The number of aliphatic hydroxyl groups is 1. The average molecular weight is 250 g/mol. The van der Waals surface area contributed by atoms with Gasteiger partial charge in [0.15, 0.2) is 0 Å². The van der Waals surface area contributed by atoms with E-state index in [1.54, 1.807) is 0 Å². The van der Waals surface area contributed by atoms with Gasteiger partial charge in [-0.2, -0.15) is 0 Å². The zero-order valence-electron chi connectivity index (χ0n) is 11.4. The smallest absolute Gasteiger partial charge is 0.309 e. The molecule has 1 unspecified atom stereocenters. The van der Waals surface area contributed by atoms with Crippen LogP contribution in [0.4, 0.5) is 0 Å². The van der Waals surface area contributed by atoms with Crippen LogP contribution in [0.3, 0.4) is 0 Å². The Balaban J connectivity index is 2.05. The predicted molar refractivity (Wildman–Crippen MR) is 67.8 cm³/mol. The fraction of sp³-hybridized carbons (Fsp3) is 0.800. The van der Waals surface area contributed by atoms with Crippen molar-refractivity contribution in [2.45, 2.75) is 58.7 Å². The van der Waals surface area contributed by atoms with Crippen molar-refractivity contribution in [1.29, 1.82) is 0 Å². The molecule has 1 saturated heterocycles. The summed E-state index contributed by atoms with van der Waals surface area (Å²) in [4.78, 5) is 11.8. The molecule has 0 spiro atoms. The van der Waals surface area contributed by atoms with Crippen LogP contribution in [0.5, 0.6) is 0 Å². The number of esters is 1. The molecule has 0 radical (unpaired) electrons. The van der Waals surface area contributed by atoms with Gasteiger partial charge in [-0.05, 0) is 38.2 Å². The molecule has 3 aliphatic rings. The Hall–Kier alpha value is -0.830. The number of aliphatic hydroxyl groups excluding tert-OH is 1. The van der Waals surface area contributed by atoms with E-state index in [4.69, 9.17) is 4.74 Å². The zero-order valence-corrected chi connectivity index (χ0v) is 11.4. The number of allylic oxidation sites excluding steroid dienone is 1. The second-order valence-corrected chi connectivity index (χ2v) is 6.51. The third-order valence-corrected chi connectivity index (χ3v) is 5.53. The Kier molecular flexibility index (Phi) is 2.60. The van der Waals surface area contributed by atoms with Crippen LogP contribution in [0.15, 0.2) is 11.1 Å². The van der Waals surface area contributed by atoms with Gasteiger partial charge < -0.3 is 9.84 Å². The first kappa shape index (κ1) is 12.2. The molecule has 1 heterocycles. The molecule has 0 amide bonds. The highest BCUT2D eigenvalue weighted by Crippen LogP contribution is 2.55. The molecule has 3 nitrogen and oxygen atoms in total. The molecule has 0 aromatic heterocycles. The zero-order chi connectivity index (χ0) is 13.1. The summed E-state index contributed by atoms with van der Waals surface area (Å²) < 4.78 is 5.62. The Labute approximate surface area is 108 Å². The fourth-order valence-corrected chi connectivity index (χ4v) is 4.24. The lowest BCUT2D eigenvalue weighted by Crippen LogP contribution is -2.47. The highest BCUT2D eigenvalue weighted by Gasteiger charge is 2.55. The monoisotopic (exact) mass is 250 g/mol. The summed E-state index contributed by atoms with van der Waals surface area (Å²) in [6.07, 6.45) is 3.38. The van der Waals surface area contributed by atoms with Crippen LogP contribution in [-0.2, 0) is 9.53 Å². The van der Waals surface area contributed by atoms with Crippen molar-refractivity contribution in [1.82, 2.24) is 0 Å². The number of ether oxygens (including phenoxy) is 1. The first-order valence-corrected chi connectivity index (χ1v) is 7.04. The molecule has 1 N–H and O–H groups in total. The van der Waals surface area contributed by atoms with Gasteiger partial charge in [-0.3, -0.25) is 4.79 Å². The molecule has 3 heteroatoms. The van der Waals surface area contributed by atoms with Crippen molar-refractivity contribution in [3.05, 3.63) is 11.1 Å². The van der Waals surface area contributed by atoms with Crippen LogP contribution in [0.25, 0.3) is 0 Å². The van der Waals surface area contributed by atoms with Crippen LogP contribution in [-0.4, -0.2) is 23.3 Å². The van der Waals surface area contributed by atoms with Crippen LogP contribution >= 0.6 is 0 Å². The summed E-state index contributed by atoms with van der Waals surface area (Å²) in [7, 11) is 0. The van der Waals surface area contributed by atoms with Gasteiger partial charge >= 0.3 is 5.97 Å². The number of hydrogen-bond acceptors (Lipinski definition) is 3. The predicted octanol–water partition coefficient (Wildman–Crippen LogP) is 2.44. The molecule has 0 bridgehead atoms. The molecule has 18 heavy (non-hydrogen) atoms. The van der Waals surface area contributed by atoms with Gasteiger partial charge in [0.25, 0.3) is 0 Å². The van der Waals surface area contributed by atoms with E-state index in [0.29, 0.717) is 5.92 Å². The molecule has 5 atom stereocenters. The Bertz CT molecular complexity index is 425. The number of fused-ring (bicyclic) bond motifs is 3. The van der Waals surface area contributed by atoms with Gasteiger partial charge in [-0.25, -0.2) is 0 Å². The molecule has 3 rings (SSSR count). The minimum atomic E-state index is -0.285. The van der Waals surface area contributed by atoms with Gasteiger partial charge in [0.05, 0.1) is 12.0 Å². The molecule has 2 aliphatic carbocycles. The van der Waals surface area contributed by atoms with Crippen LogP contribution in [0.1, 0.15) is 46.5 Å². The van der Waals surface area contributed by atoms with Crippen molar-refractivity contribution in [2.24, 2.45) is 17.3 Å². The van der Waals surface area contributed by atoms with Gasteiger partial charge in [0.2, 0.25) is 0 Å². The SMILES string of the molecule is CC1=C2[C@H]3OC(=O)[C@@H](C)C3CC[C@@]2(C)[C@H](O)CC1. The quantitative estimate of drug-likeness (QED) is 0.530. The Morgan fingerprint density at radius 2 is 2.11 bits per heavy atom. The average Bonchev–Trinajstić information content (AvgIpc) is 2.60. The minimum Gasteiger partial charge on any atom is -0.457 e. The lowest BCUT2D eigenvalue weighted by Gasteiger charge is -2.48. The maximum Gasteiger partial charge on any atom is 0.309 e. The summed E-state index contributed by atoms with van der Waals surface area (Å²) >= 11 is 0. The number of hydrogen-bond donors (Lipinski definition) is 1. The van der Waals surface area contributed by atoms with Crippen LogP contribution in [0, 0.1) is 17.3 Å². The highest BCUT2D eigenvalue weighted by molar-refractivity contribution is 5.75. The molecule has 2 fully saturated rings. The lowest BCUT2D eigenvalue weighted by molar-refractivity contribution is -0.143. The summed E-state index contributed by atoms with van der Waals surface area (Å²) in [6.45, 7) is 6.26. The summed E-state index contributed by atoms with van der Waals surface area (Å²) in [5, 5.41) is 10.4. The van der Waals surface area contributed by atoms with Crippen molar-refractivity contribution in [2.75, 3.05) is 0 Å². The van der Waals surface area contributed by atoms with Gasteiger partial charge in [0, 0.05) is 11.3 Å². The summed E-state index contributed by atoms with van der Waals surface area (Å²) in [6, 6.07) is 0. The van der Waals surface area contributed by atoms with Crippen LogP contribution < -0.4 is 0 Å². The normalized spacial score (nSPS) is 47.7. The van der Waals surface area contributed by atoms with Crippen molar-refractivity contribution >= 4 is 5.97 Å². The number of carbonyl (C=O) groups excluding carboxylic acids is 1. The van der Waals surface area contributed by atoms with E-state index in [9.17, 15) is 9.90 Å². The first-order chi connectivity index (χ1) is 8.45. The molecule has 0 aromatic carbocycles. The molecular weight excluding hydrogens is 228 g/mol. The number of carbonyl (C=O) groups is 1. The highest BCUT2D eigenvalue weighted by atomic mass is 16.6. The molecule has 1 aliphatic heterocycles. The maximum atomic E-state index is 11.8. The topological polar surface area (TPSA) is 46.5 Å². The first-order valence-electron chi connectivity index (χ1n) is 7.04. The van der Waals surface area contributed by atoms with E-state index in [1.807, 2.05) is 6.92 Å². The lowest BCUT2D eigenvalue weighted by atomic mass is 9.58. The van der Waals surface area contributed by atoms with E-state index in [2.05, 4.69) is 13.8 Å². The largest absolute Gasteiger partial charge is 0.457 e.